The Hall–Kier alpha value is -5.89. The van der Waals surface area contributed by atoms with Crippen molar-refractivity contribution < 1.29 is 0 Å². The molecule has 8 heteroatoms. The Balaban J connectivity index is 0.000000168. The van der Waals surface area contributed by atoms with E-state index in [9.17, 15) is 15.3 Å². The normalized spacial score (nSPS) is 10.1. The van der Waals surface area contributed by atoms with Crippen LogP contribution in [0.3, 0.4) is 0 Å². The van der Waals surface area contributed by atoms with Crippen LogP contribution in [0.1, 0.15) is 11.1 Å². The number of hydrogen-bond acceptors (Lipinski definition) is 6. The summed E-state index contributed by atoms with van der Waals surface area (Å²) >= 11 is 6.05. The Labute approximate surface area is 247 Å². The van der Waals surface area contributed by atoms with Gasteiger partial charge in [0.2, 0.25) is 5.28 Å². The largest absolute Gasteiger partial charge is 0.346 e. The molecule has 0 saturated heterocycles. The average Bonchev–Trinajstić information content (AvgIpc) is 3.06. The summed E-state index contributed by atoms with van der Waals surface area (Å²) in [5, 5.41) is 19.2. The standard InChI is InChI=1S/C17H10ClN3.C17H11N3O/c18-17-20-15(12-7-3-1-4-8-12)14(11-19)16(21-17)13-9-5-2-6-10-13;18-11-14-15(12-7-3-1-4-8-12)19-17(21)20-16(14)13-9-5-2-6-10-13/h1-10H;1-10H,(H,19,20,21). The predicted octanol–water partition coefficient (Wildman–Crippen LogP) is 7.31. The minimum atomic E-state index is -0.466. The number of nitriles is 2. The Morgan fingerprint density at radius 3 is 1.26 bits per heavy atom. The van der Waals surface area contributed by atoms with Crippen molar-refractivity contribution in [3.63, 3.8) is 0 Å². The van der Waals surface area contributed by atoms with Crippen molar-refractivity contribution >= 4 is 11.6 Å². The molecule has 0 atom stereocenters. The van der Waals surface area contributed by atoms with E-state index in [-0.39, 0.29) is 5.28 Å². The van der Waals surface area contributed by atoms with E-state index in [4.69, 9.17) is 11.6 Å². The summed E-state index contributed by atoms with van der Waals surface area (Å²) in [6.45, 7) is 0. The Kier molecular flexibility index (Phi) is 8.55. The second-order valence-corrected chi connectivity index (χ2v) is 9.23. The fraction of sp³-hybridized carbons (Fsp3) is 0. The van der Waals surface area contributed by atoms with Gasteiger partial charge in [-0.15, -0.1) is 0 Å². The monoisotopic (exact) mass is 564 g/mol. The lowest BCUT2D eigenvalue weighted by molar-refractivity contribution is 1.08. The SMILES string of the molecule is N#Cc1c(-c2ccccc2)nc(=O)[nH]c1-c1ccccc1.N#Cc1c(-c2ccccc2)nc(Cl)nc1-c1ccccc1. The van der Waals surface area contributed by atoms with Gasteiger partial charge in [0.25, 0.3) is 0 Å². The number of H-pyrrole nitrogens is 1. The van der Waals surface area contributed by atoms with Crippen molar-refractivity contribution in [2.24, 2.45) is 0 Å². The summed E-state index contributed by atoms with van der Waals surface area (Å²) in [6.07, 6.45) is 0. The van der Waals surface area contributed by atoms with Crippen LogP contribution in [0.25, 0.3) is 45.0 Å². The molecule has 0 radical (unpaired) electrons. The number of nitrogens with one attached hydrogen (secondary N) is 1. The van der Waals surface area contributed by atoms with E-state index in [0.29, 0.717) is 33.9 Å². The number of aromatic amines is 1. The molecule has 0 aliphatic carbocycles. The highest BCUT2D eigenvalue weighted by atomic mass is 35.5. The van der Waals surface area contributed by atoms with E-state index < -0.39 is 5.69 Å². The topological polar surface area (TPSA) is 119 Å². The van der Waals surface area contributed by atoms with Crippen LogP contribution < -0.4 is 5.69 Å². The molecule has 6 aromatic rings. The van der Waals surface area contributed by atoms with Crippen LogP contribution >= 0.6 is 11.6 Å². The van der Waals surface area contributed by atoms with Gasteiger partial charge in [-0.3, -0.25) is 0 Å². The maximum atomic E-state index is 11.8. The third kappa shape index (κ3) is 6.13. The summed E-state index contributed by atoms with van der Waals surface area (Å²) in [7, 11) is 0. The molecule has 0 spiro atoms. The minimum absolute atomic E-state index is 0.131. The number of benzene rings is 4. The maximum Gasteiger partial charge on any atom is 0.346 e. The predicted molar refractivity (Wildman–Crippen MR) is 163 cm³/mol. The van der Waals surface area contributed by atoms with Crippen molar-refractivity contribution in [2.75, 3.05) is 0 Å². The fourth-order valence-electron chi connectivity index (χ4n) is 4.36. The molecule has 0 aliphatic heterocycles. The van der Waals surface area contributed by atoms with Crippen LogP contribution in [-0.2, 0) is 0 Å². The summed E-state index contributed by atoms with van der Waals surface area (Å²) in [5.74, 6) is 0. The molecular formula is C34H21ClN6O. The first-order chi connectivity index (χ1) is 20.6. The van der Waals surface area contributed by atoms with Gasteiger partial charge in [-0.2, -0.15) is 15.5 Å². The first-order valence-electron chi connectivity index (χ1n) is 12.8. The van der Waals surface area contributed by atoms with Gasteiger partial charge in [0, 0.05) is 16.7 Å². The average molecular weight is 565 g/mol. The Morgan fingerprint density at radius 1 is 0.524 bits per heavy atom. The van der Waals surface area contributed by atoms with Gasteiger partial charge in [0.1, 0.15) is 23.3 Å². The highest BCUT2D eigenvalue weighted by Gasteiger charge is 2.17. The molecule has 200 valence electrons. The second kappa shape index (κ2) is 13.0. The summed E-state index contributed by atoms with van der Waals surface area (Å²) in [4.78, 5) is 26.9. The number of nitrogens with zero attached hydrogens (tertiary/aromatic N) is 5. The smallest absolute Gasteiger partial charge is 0.304 e. The van der Waals surface area contributed by atoms with E-state index in [0.717, 1.165) is 22.3 Å². The van der Waals surface area contributed by atoms with Gasteiger partial charge in [0.15, 0.2) is 0 Å². The van der Waals surface area contributed by atoms with Crippen LogP contribution in [0.4, 0.5) is 0 Å². The third-order valence-electron chi connectivity index (χ3n) is 6.24. The molecule has 2 aromatic heterocycles. The van der Waals surface area contributed by atoms with Gasteiger partial charge >= 0.3 is 5.69 Å². The molecule has 7 nitrogen and oxygen atoms in total. The highest BCUT2D eigenvalue weighted by molar-refractivity contribution is 6.28. The minimum Gasteiger partial charge on any atom is -0.304 e. The molecule has 42 heavy (non-hydrogen) atoms. The molecule has 0 fully saturated rings. The second-order valence-electron chi connectivity index (χ2n) is 8.89. The fourth-order valence-corrected chi connectivity index (χ4v) is 4.53. The van der Waals surface area contributed by atoms with E-state index in [1.54, 1.807) is 0 Å². The lowest BCUT2D eigenvalue weighted by atomic mass is 10.0. The van der Waals surface area contributed by atoms with Crippen molar-refractivity contribution in [3.8, 4) is 57.2 Å². The van der Waals surface area contributed by atoms with E-state index in [1.165, 1.54) is 0 Å². The van der Waals surface area contributed by atoms with E-state index in [2.05, 4.69) is 32.1 Å². The molecule has 2 heterocycles. The number of aromatic nitrogens is 4. The molecule has 0 unspecified atom stereocenters. The van der Waals surface area contributed by atoms with Crippen LogP contribution in [0.15, 0.2) is 126 Å². The van der Waals surface area contributed by atoms with Gasteiger partial charge in [0.05, 0.1) is 22.8 Å². The van der Waals surface area contributed by atoms with Crippen molar-refractivity contribution in [1.29, 1.82) is 10.5 Å². The molecule has 0 amide bonds. The Morgan fingerprint density at radius 2 is 0.881 bits per heavy atom. The zero-order chi connectivity index (χ0) is 29.3. The summed E-state index contributed by atoms with van der Waals surface area (Å²) < 4.78 is 0. The Bertz CT molecular complexity index is 1840. The van der Waals surface area contributed by atoms with Crippen LogP contribution in [-0.4, -0.2) is 19.9 Å². The van der Waals surface area contributed by atoms with E-state index in [1.807, 2.05) is 121 Å². The zero-order valence-corrected chi connectivity index (χ0v) is 22.8. The summed E-state index contributed by atoms with van der Waals surface area (Å²) in [6, 6.07) is 41.9. The molecule has 0 bridgehead atoms. The van der Waals surface area contributed by atoms with Crippen LogP contribution in [0, 0.1) is 22.7 Å². The van der Waals surface area contributed by atoms with Crippen molar-refractivity contribution in [2.45, 2.75) is 0 Å². The van der Waals surface area contributed by atoms with Gasteiger partial charge < -0.3 is 4.98 Å². The molecule has 0 saturated carbocycles. The highest BCUT2D eigenvalue weighted by Crippen LogP contribution is 2.30. The van der Waals surface area contributed by atoms with Gasteiger partial charge in [-0.25, -0.2) is 14.8 Å². The summed E-state index contributed by atoms with van der Waals surface area (Å²) in [5.41, 5.74) is 5.55. The van der Waals surface area contributed by atoms with Crippen molar-refractivity contribution in [1.82, 2.24) is 19.9 Å². The lowest BCUT2D eigenvalue weighted by Gasteiger charge is -2.09. The lowest BCUT2D eigenvalue weighted by Crippen LogP contribution is -2.14. The molecule has 0 aliphatic rings. The number of halogens is 1. The first-order valence-corrected chi connectivity index (χ1v) is 13.2. The first kappa shape index (κ1) is 27.7. The van der Waals surface area contributed by atoms with Gasteiger partial charge in [-0.1, -0.05) is 121 Å². The molecule has 1 N–H and O–H groups in total. The maximum absolute atomic E-state index is 11.8. The molecule has 4 aromatic carbocycles. The molecular weight excluding hydrogens is 544 g/mol. The van der Waals surface area contributed by atoms with E-state index >= 15 is 0 Å². The van der Waals surface area contributed by atoms with Crippen LogP contribution in [0.5, 0.6) is 0 Å². The number of rotatable bonds is 4. The molecule has 6 rings (SSSR count). The number of hydrogen-bond donors (Lipinski definition) is 1. The zero-order valence-electron chi connectivity index (χ0n) is 22.1. The van der Waals surface area contributed by atoms with Crippen LogP contribution in [0.2, 0.25) is 5.28 Å². The van der Waals surface area contributed by atoms with Crippen molar-refractivity contribution in [3.05, 3.63) is 148 Å². The third-order valence-corrected chi connectivity index (χ3v) is 6.41. The van der Waals surface area contributed by atoms with Gasteiger partial charge in [-0.05, 0) is 17.2 Å². The quantitative estimate of drug-likeness (QED) is 0.224.